The van der Waals surface area contributed by atoms with Crippen molar-refractivity contribution in [3.05, 3.63) is 33.9 Å². The van der Waals surface area contributed by atoms with Gasteiger partial charge in [-0.1, -0.05) is 0 Å². The number of hydrogen-bond donors (Lipinski definition) is 1. The molecule has 1 N–H and O–H groups in total. The van der Waals surface area contributed by atoms with Crippen LogP contribution in [0.2, 0.25) is 0 Å². The van der Waals surface area contributed by atoms with Gasteiger partial charge in [0.1, 0.15) is 5.75 Å². The zero-order valence-corrected chi connectivity index (χ0v) is 12.4. The summed E-state index contributed by atoms with van der Waals surface area (Å²) in [5, 5.41) is 20.4. The summed E-state index contributed by atoms with van der Waals surface area (Å²) in [6.45, 7) is 2.91. The zero-order valence-electron chi connectivity index (χ0n) is 12.4. The van der Waals surface area contributed by atoms with Gasteiger partial charge in [0.05, 0.1) is 35.4 Å². The van der Waals surface area contributed by atoms with Gasteiger partial charge < -0.3 is 19.5 Å². The summed E-state index contributed by atoms with van der Waals surface area (Å²) in [4.78, 5) is 24.2. The smallest absolute Gasteiger partial charge is 0.273 e. The maximum atomic E-state index is 12.5. The molecule has 1 amide bonds. The van der Waals surface area contributed by atoms with E-state index in [2.05, 4.69) is 0 Å². The minimum absolute atomic E-state index is 0.0805. The van der Waals surface area contributed by atoms with Crippen LogP contribution < -0.4 is 0 Å². The molecule has 1 saturated heterocycles. The minimum atomic E-state index is -0.647. The lowest BCUT2D eigenvalue weighted by Crippen LogP contribution is -2.50. The van der Waals surface area contributed by atoms with E-state index < -0.39 is 4.92 Å². The third kappa shape index (κ3) is 3.71. The van der Waals surface area contributed by atoms with E-state index in [0.29, 0.717) is 19.7 Å². The van der Waals surface area contributed by atoms with Gasteiger partial charge in [0.25, 0.3) is 11.6 Å². The van der Waals surface area contributed by atoms with E-state index in [4.69, 9.17) is 9.47 Å². The third-order valence-corrected chi connectivity index (χ3v) is 3.33. The Morgan fingerprint density at radius 1 is 1.50 bits per heavy atom. The monoisotopic (exact) mass is 310 g/mol. The fourth-order valence-corrected chi connectivity index (χ4v) is 2.50. The number of amides is 1. The number of nitrogens with zero attached hydrogens (tertiary/aromatic N) is 2. The Balaban J connectivity index is 2.21. The molecule has 0 bridgehead atoms. The first kappa shape index (κ1) is 16.2. The second-order valence-electron chi connectivity index (χ2n) is 5.23. The van der Waals surface area contributed by atoms with Crippen LogP contribution in [-0.4, -0.2) is 59.9 Å². The summed E-state index contributed by atoms with van der Waals surface area (Å²) < 4.78 is 10.7. The lowest BCUT2D eigenvalue weighted by molar-refractivity contribution is -0.385. The number of aromatic hydroxyl groups is 1. The predicted molar refractivity (Wildman–Crippen MR) is 76.9 cm³/mol. The Morgan fingerprint density at radius 3 is 2.86 bits per heavy atom. The number of hydrogen-bond acceptors (Lipinski definition) is 6. The van der Waals surface area contributed by atoms with Crippen molar-refractivity contribution in [2.45, 2.75) is 19.1 Å². The van der Waals surface area contributed by atoms with E-state index in [1.54, 1.807) is 12.0 Å². The molecule has 2 unspecified atom stereocenters. The number of benzene rings is 1. The number of ether oxygens (including phenoxy) is 2. The van der Waals surface area contributed by atoms with Gasteiger partial charge in [-0.25, -0.2) is 0 Å². The summed E-state index contributed by atoms with van der Waals surface area (Å²) in [7, 11) is 1.55. The fourth-order valence-electron chi connectivity index (χ4n) is 2.50. The maximum absolute atomic E-state index is 12.5. The Hall–Kier alpha value is -2.19. The Labute approximate surface area is 127 Å². The van der Waals surface area contributed by atoms with Crippen molar-refractivity contribution in [1.29, 1.82) is 0 Å². The van der Waals surface area contributed by atoms with Gasteiger partial charge in [-0.15, -0.1) is 0 Å². The zero-order chi connectivity index (χ0) is 16.3. The van der Waals surface area contributed by atoms with E-state index in [0.717, 1.165) is 12.1 Å². The number of rotatable bonds is 4. The van der Waals surface area contributed by atoms with E-state index in [-0.39, 0.29) is 35.1 Å². The van der Waals surface area contributed by atoms with E-state index in [1.165, 1.54) is 6.07 Å². The van der Waals surface area contributed by atoms with E-state index in [1.807, 2.05) is 6.92 Å². The summed E-state index contributed by atoms with van der Waals surface area (Å²) in [6.07, 6.45) is -0.407. The molecule has 8 heteroatoms. The highest BCUT2D eigenvalue weighted by atomic mass is 16.6. The first-order valence-corrected chi connectivity index (χ1v) is 6.83. The standard InChI is InChI=1S/C14H18N2O6/c1-9-6-15(7-13(22-9)8-21-2)14(18)10-3-11(16(19)20)5-12(17)4-10/h3-5,9,13,17H,6-8H2,1-2H3. The van der Waals surface area contributed by atoms with Crippen molar-refractivity contribution >= 4 is 11.6 Å². The van der Waals surface area contributed by atoms with Crippen molar-refractivity contribution in [1.82, 2.24) is 4.90 Å². The summed E-state index contributed by atoms with van der Waals surface area (Å²) in [5.41, 5.74) is -0.241. The van der Waals surface area contributed by atoms with Gasteiger partial charge in [-0.05, 0) is 13.0 Å². The molecule has 1 aliphatic heterocycles. The number of methoxy groups -OCH3 is 1. The number of carbonyl (C=O) groups excluding carboxylic acids is 1. The number of nitro groups is 1. The van der Waals surface area contributed by atoms with Crippen LogP contribution in [0.1, 0.15) is 17.3 Å². The molecule has 1 aliphatic rings. The molecule has 2 rings (SSSR count). The van der Waals surface area contributed by atoms with Gasteiger partial charge >= 0.3 is 0 Å². The Bertz CT molecular complexity index is 576. The second kappa shape index (κ2) is 6.71. The van der Waals surface area contributed by atoms with Crippen LogP contribution in [0.3, 0.4) is 0 Å². The highest BCUT2D eigenvalue weighted by molar-refractivity contribution is 5.95. The van der Waals surface area contributed by atoms with Gasteiger partial charge in [0.2, 0.25) is 0 Å². The highest BCUT2D eigenvalue weighted by Crippen LogP contribution is 2.23. The predicted octanol–water partition coefficient (Wildman–Crippen LogP) is 1.18. The second-order valence-corrected chi connectivity index (χ2v) is 5.23. The molecular weight excluding hydrogens is 292 g/mol. The third-order valence-electron chi connectivity index (χ3n) is 3.33. The molecule has 1 fully saturated rings. The van der Waals surface area contributed by atoms with Gasteiger partial charge in [0, 0.05) is 26.3 Å². The lowest BCUT2D eigenvalue weighted by Gasteiger charge is -2.36. The van der Waals surface area contributed by atoms with Crippen LogP contribution in [0, 0.1) is 10.1 Å². The first-order chi connectivity index (χ1) is 10.4. The van der Waals surface area contributed by atoms with Crippen LogP contribution >= 0.6 is 0 Å². The summed E-state index contributed by atoms with van der Waals surface area (Å²) >= 11 is 0. The molecule has 8 nitrogen and oxygen atoms in total. The Morgan fingerprint density at radius 2 is 2.23 bits per heavy atom. The summed E-state index contributed by atoms with van der Waals surface area (Å²) in [5.74, 6) is -0.692. The first-order valence-electron chi connectivity index (χ1n) is 6.83. The minimum Gasteiger partial charge on any atom is -0.508 e. The van der Waals surface area contributed by atoms with Crippen molar-refractivity contribution < 1.29 is 24.3 Å². The van der Waals surface area contributed by atoms with Crippen LogP contribution in [0.25, 0.3) is 0 Å². The maximum Gasteiger partial charge on any atom is 0.273 e. The quantitative estimate of drug-likeness (QED) is 0.661. The van der Waals surface area contributed by atoms with Crippen molar-refractivity contribution in [3.63, 3.8) is 0 Å². The molecule has 0 aliphatic carbocycles. The van der Waals surface area contributed by atoms with Crippen LogP contribution in [0.5, 0.6) is 5.75 Å². The molecule has 0 aromatic heterocycles. The molecule has 22 heavy (non-hydrogen) atoms. The van der Waals surface area contributed by atoms with Crippen molar-refractivity contribution in [2.24, 2.45) is 0 Å². The molecule has 2 atom stereocenters. The molecule has 1 aromatic rings. The van der Waals surface area contributed by atoms with Gasteiger partial charge in [-0.3, -0.25) is 14.9 Å². The Kier molecular flexibility index (Phi) is 4.94. The van der Waals surface area contributed by atoms with Crippen LogP contribution in [0.15, 0.2) is 18.2 Å². The largest absolute Gasteiger partial charge is 0.508 e. The van der Waals surface area contributed by atoms with Gasteiger partial charge in [0.15, 0.2) is 0 Å². The molecule has 0 saturated carbocycles. The highest BCUT2D eigenvalue weighted by Gasteiger charge is 2.29. The summed E-state index contributed by atoms with van der Waals surface area (Å²) in [6, 6.07) is 3.39. The number of nitro benzene ring substituents is 1. The van der Waals surface area contributed by atoms with Gasteiger partial charge in [-0.2, -0.15) is 0 Å². The number of non-ortho nitro benzene ring substituents is 1. The molecule has 120 valence electrons. The number of carbonyl (C=O) groups is 1. The van der Waals surface area contributed by atoms with Crippen LogP contribution in [0.4, 0.5) is 5.69 Å². The van der Waals surface area contributed by atoms with E-state index >= 15 is 0 Å². The molecule has 0 radical (unpaired) electrons. The SMILES string of the molecule is COCC1CN(C(=O)c2cc(O)cc([N+](=O)[O-])c2)CC(C)O1. The molecule has 1 aromatic carbocycles. The average Bonchev–Trinajstić information content (AvgIpc) is 2.45. The molecule has 0 spiro atoms. The van der Waals surface area contributed by atoms with Crippen LogP contribution in [-0.2, 0) is 9.47 Å². The normalized spacial score (nSPS) is 21.6. The fraction of sp³-hybridized carbons (Fsp3) is 0.500. The number of phenols is 1. The molecular formula is C14H18N2O6. The number of morpholine rings is 1. The number of phenolic OH excluding ortho intramolecular Hbond substituents is 1. The van der Waals surface area contributed by atoms with E-state index in [9.17, 15) is 20.0 Å². The van der Waals surface area contributed by atoms with Crippen molar-refractivity contribution in [2.75, 3.05) is 26.8 Å². The average molecular weight is 310 g/mol. The molecule has 1 heterocycles. The topological polar surface area (TPSA) is 102 Å². The van der Waals surface area contributed by atoms with Crippen molar-refractivity contribution in [3.8, 4) is 5.75 Å². The lowest BCUT2D eigenvalue weighted by atomic mass is 10.1.